The van der Waals surface area contributed by atoms with Crippen LogP contribution in [0.15, 0.2) is 94.5 Å². The third kappa shape index (κ3) is 6.37. The highest BCUT2D eigenvalue weighted by Crippen LogP contribution is 2.26. The van der Waals surface area contributed by atoms with Gasteiger partial charge in [0.15, 0.2) is 0 Å². The van der Waals surface area contributed by atoms with E-state index < -0.39 is 0 Å². The first-order valence-corrected chi connectivity index (χ1v) is 15.7. The fourth-order valence-corrected chi connectivity index (χ4v) is 5.48. The summed E-state index contributed by atoms with van der Waals surface area (Å²) in [5.74, 6) is 1.96. The van der Waals surface area contributed by atoms with E-state index in [-0.39, 0.29) is 28.7 Å². The predicted molar refractivity (Wildman–Crippen MR) is 189 cm³/mol. The molecular formula is C36H32IN5O4. The number of nitrogens with zero attached hydrogens (tertiary/aromatic N) is 5. The van der Waals surface area contributed by atoms with Crippen molar-refractivity contribution in [1.29, 1.82) is 5.26 Å². The van der Waals surface area contributed by atoms with Gasteiger partial charge in [0.25, 0.3) is 11.1 Å². The number of methoxy groups -OCH3 is 1. The van der Waals surface area contributed by atoms with Crippen LogP contribution in [0.1, 0.15) is 56.7 Å². The number of rotatable bonds is 5. The van der Waals surface area contributed by atoms with Crippen molar-refractivity contribution in [2.75, 3.05) is 7.11 Å². The molecule has 0 atom stereocenters. The maximum absolute atomic E-state index is 13.1. The highest BCUT2D eigenvalue weighted by Gasteiger charge is 2.18. The number of hydrogen-bond acceptors (Lipinski definition) is 7. The molecule has 0 aliphatic carbocycles. The number of halogens is 1. The summed E-state index contributed by atoms with van der Waals surface area (Å²) >= 11 is 2.26. The number of para-hydroxylation sites is 1. The zero-order valence-corrected chi connectivity index (χ0v) is 28.2. The highest BCUT2D eigenvalue weighted by molar-refractivity contribution is 14.1. The van der Waals surface area contributed by atoms with Gasteiger partial charge in [-0.15, -0.1) is 0 Å². The van der Waals surface area contributed by atoms with Crippen LogP contribution in [0, 0.1) is 14.9 Å². The lowest BCUT2D eigenvalue weighted by Crippen LogP contribution is -2.24. The first-order valence-electron chi connectivity index (χ1n) is 14.7. The summed E-state index contributed by atoms with van der Waals surface area (Å²) in [6.45, 7) is 7.99. The fourth-order valence-electron chi connectivity index (χ4n) is 5.12. The van der Waals surface area contributed by atoms with E-state index in [0.29, 0.717) is 39.1 Å². The molecule has 6 rings (SSSR count). The lowest BCUT2D eigenvalue weighted by molar-refractivity contribution is 0.413. The Balaban J connectivity index is 0.000000184. The van der Waals surface area contributed by atoms with Crippen LogP contribution in [-0.4, -0.2) is 31.3 Å². The largest absolute Gasteiger partial charge is 0.508 e. The Hall–Kier alpha value is -5.02. The van der Waals surface area contributed by atoms with Gasteiger partial charge in [0.2, 0.25) is 0 Å². The molecule has 2 aromatic heterocycles. The standard InChI is InChI=1S/C19H17N3O3.C17H15IN2O/c1-11(2)18-21-16-9-14(23)6-7-15(16)19(24)22(18)13-5-4-12(10-20)17(8-13)25-3;1-11(2)16-19-15-6-4-3-5-14(15)17(21)20(16)13-9-7-12(18)8-10-13/h4-9,11,23H,1-3H3;3-11H,1-2H3. The second-order valence-corrected chi connectivity index (χ2v) is 12.5. The second kappa shape index (κ2) is 13.5. The molecule has 0 saturated heterocycles. The molecule has 4 aromatic carbocycles. The molecule has 0 fully saturated rings. The van der Waals surface area contributed by atoms with Crippen molar-refractivity contribution >= 4 is 44.4 Å². The van der Waals surface area contributed by atoms with Crippen LogP contribution in [-0.2, 0) is 0 Å². The Labute approximate surface area is 279 Å². The number of aromatic nitrogens is 4. The van der Waals surface area contributed by atoms with Crippen molar-refractivity contribution in [1.82, 2.24) is 19.1 Å². The number of hydrogen-bond donors (Lipinski definition) is 1. The summed E-state index contributed by atoms with van der Waals surface area (Å²) in [4.78, 5) is 35.2. The summed E-state index contributed by atoms with van der Waals surface area (Å²) in [5.41, 5.74) is 2.79. The Morgan fingerprint density at radius 2 is 1.33 bits per heavy atom. The smallest absolute Gasteiger partial charge is 0.265 e. The van der Waals surface area contributed by atoms with Crippen molar-refractivity contribution in [3.8, 4) is 28.9 Å². The highest BCUT2D eigenvalue weighted by atomic mass is 127. The molecule has 0 unspecified atom stereocenters. The molecule has 6 aromatic rings. The minimum Gasteiger partial charge on any atom is -0.508 e. The molecule has 0 aliphatic heterocycles. The minimum atomic E-state index is -0.236. The van der Waals surface area contributed by atoms with Gasteiger partial charge in [0, 0.05) is 27.5 Å². The molecule has 2 heterocycles. The maximum Gasteiger partial charge on any atom is 0.265 e. The third-order valence-electron chi connectivity index (χ3n) is 7.36. The third-order valence-corrected chi connectivity index (χ3v) is 8.08. The van der Waals surface area contributed by atoms with E-state index >= 15 is 0 Å². The van der Waals surface area contributed by atoms with E-state index in [0.717, 1.165) is 20.6 Å². The van der Waals surface area contributed by atoms with Gasteiger partial charge in [-0.1, -0.05) is 39.8 Å². The topological polar surface area (TPSA) is 123 Å². The van der Waals surface area contributed by atoms with Crippen LogP contribution in [0.25, 0.3) is 33.2 Å². The number of aromatic hydroxyl groups is 1. The van der Waals surface area contributed by atoms with Gasteiger partial charge >= 0.3 is 0 Å². The van der Waals surface area contributed by atoms with Crippen LogP contribution >= 0.6 is 22.6 Å². The van der Waals surface area contributed by atoms with Crippen LogP contribution in [0.5, 0.6) is 11.5 Å². The Morgan fingerprint density at radius 3 is 1.93 bits per heavy atom. The molecular weight excluding hydrogens is 693 g/mol. The van der Waals surface area contributed by atoms with Crippen LogP contribution < -0.4 is 15.9 Å². The molecule has 1 N–H and O–H groups in total. The quantitative estimate of drug-likeness (QED) is 0.187. The van der Waals surface area contributed by atoms with E-state index in [9.17, 15) is 14.7 Å². The average molecular weight is 726 g/mol. The molecule has 0 aliphatic rings. The number of phenolic OH excluding ortho intramolecular Hbond substituents is 1. The SMILES string of the molecule is CC(C)c1nc2ccccc2c(=O)n1-c1ccc(I)cc1.COc1cc(-n2c(C(C)C)nc3cc(O)ccc3c2=O)ccc1C#N. The molecule has 0 amide bonds. The Kier molecular flexibility index (Phi) is 9.53. The monoisotopic (exact) mass is 725 g/mol. The van der Waals surface area contributed by atoms with Gasteiger partial charge < -0.3 is 9.84 Å². The van der Waals surface area contributed by atoms with Gasteiger partial charge in [-0.2, -0.15) is 5.26 Å². The Bertz CT molecular complexity index is 2230. The van der Waals surface area contributed by atoms with Gasteiger partial charge in [-0.3, -0.25) is 18.7 Å². The van der Waals surface area contributed by atoms with Crippen LogP contribution in [0.4, 0.5) is 0 Å². The van der Waals surface area contributed by atoms with Crippen LogP contribution in [0.2, 0.25) is 0 Å². The van der Waals surface area contributed by atoms with E-state index in [1.165, 1.54) is 23.8 Å². The molecule has 0 radical (unpaired) electrons. The fraction of sp³-hybridized carbons (Fsp3) is 0.194. The van der Waals surface area contributed by atoms with Gasteiger partial charge in [0.1, 0.15) is 29.2 Å². The summed E-state index contributed by atoms with van der Waals surface area (Å²) < 4.78 is 9.64. The zero-order valence-electron chi connectivity index (χ0n) is 26.0. The molecule has 0 spiro atoms. The van der Waals surface area contributed by atoms with Crippen molar-refractivity contribution in [3.05, 3.63) is 126 Å². The number of ether oxygens (including phenoxy) is 1. The molecule has 0 saturated carbocycles. The van der Waals surface area contributed by atoms with Gasteiger partial charge in [-0.25, -0.2) is 9.97 Å². The summed E-state index contributed by atoms with van der Waals surface area (Å²) in [6, 6.07) is 27.0. The lowest BCUT2D eigenvalue weighted by atomic mass is 10.1. The normalized spacial score (nSPS) is 11.0. The van der Waals surface area contributed by atoms with Gasteiger partial charge in [-0.05, 0) is 83.3 Å². The second-order valence-electron chi connectivity index (χ2n) is 11.2. The van der Waals surface area contributed by atoms with Crippen molar-refractivity contribution in [2.45, 2.75) is 39.5 Å². The number of phenols is 1. The maximum atomic E-state index is 13.1. The van der Waals surface area contributed by atoms with Crippen molar-refractivity contribution in [3.63, 3.8) is 0 Å². The number of benzene rings is 4. The van der Waals surface area contributed by atoms with E-state index in [1.807, 2.05) is 62.4 Å². The van der Waals surface area contributed by atoms with Crippen molar-refractivity contribution < 1.29 is 9.84 Å². The minimum absolute atomic E-state index is 0.00879. The van der Waals surface area contributed by atoms with E-state index in [4.69, 9.17) is 15.0 Å². The van der Waals surface area contributed by atoms with Gasteiger partial charge in [0.05, 0.1) is 45.9 Å². The number of nitriles is 1. The summed E-state index contributed by atoms with van der Waals surface area (Å²) in [5, 5.41) is 19.9. The van der Waals surface area contributed by atoms with Crippen LogP contribution in [0.3, 0.4) is 0 Å². The molecule has 9 nitrogen and oxygen atoms in total. The summed E-state index contributed by atoms with van der Waals surface area (Å²) in [6.07, 6.45) is 0. The molecule has 46 heavy (non-hydrogen) atoms. The molecule has 232 valence electrons. The number of fused-ring (bicyclic) bond motifs is 2. The average Bonchev–Trinajstić information content (AvgIpc) is 3.05. The molecule has 0 bridgehead atoms. The predicted octanol–water partition coefficient (Wildman–Crippen LogP) is 7.21. The molecule has 10 heteroatoms. The van der Waals surface area contributed by atoms with E-state index in [2.05, 4.69) is 47.5 Å². The first-order chi connectivity index (χ1) is 22.0. The Morgan fingerprint density at radius 1 is 0.761 bits per heavy atom. The van der Waals surface area contributed by atoms with Crippen molar-refractivity contribution in [2.24, 2.45) is 0 Å². The summed E-state index contributed by atoms with van der Waals surface area (Å²) in [7, 11) is 1.48. The van der Waals surface area contributed by atoms with E-state index in [1.54, 1.807) is 28.8 Å². The lowest BCUT2D eigenvalue weighted by Gasteiger charge is -2.17. The first kappa shape index (κ1) is 32.4. The zero-order chi connectivity index (χ0) is 33.1.